The molecule has 1 aliphatic rings. The summed E-state index contributed by atoms with van der Waals surface area (Å²) in [4.78, 5) is 11.4. The molecule has 0 radical (unpaired) electrons. The van der Waals surface area contributed by atoms with Gasteiger partial charge in [0, 0.05) is 6.04 Å². The van der Waals surface area contributed by atoms with Crippen molar-refractivity contribution in [3.05, 3.63) is 0 Å². The van der Waals surface area contributed by atoms with Crippen molar-refractivity contribution in [3.8, 4) is 0 Å². The molecular weight excluding hydrogens is 194 g/mol. The molecule has 0 aromatic carbocycles. The summed E-state index contributed by atoms with van der Waals surface area (Å²) in [6.07, 6.45) is 6.93. The van der Waals surface area contributed by atoms with Crippen LogP contribution in [0.3, 0.4) is 0 Å². The molecule has 0 aromatic heterocycles. The third-order valence-corrected chi connectivity index (χ3v) is 2.69. The van der Waals surface area contributed by atoms with Gasteiger partial charge in [0.25, 0.3) is 0 Å². The first-order valence-corrected chi connectivity index (χ1v) is 5.48. The van der Waals surface area contributed by atoms with E-state index in [1.165, 1.54) is 25.7 Å². The maximum Gasteiger partial charge on any atom is 0.227 e. The van der Waals surface area contributed by atoms with Crippen LogP contribution >= 0.6 is 0 Å². The van der Waals surface area contributed by atoms with Crippen molar-refractivity contribution in [2.24, 2.45) is 10.9 Å². The van der Waals surface area contributed by atoms with E-state index in [-0.39, 0.29) is 24.2 Å². The van der Waals surface area contributed by atoms with Crippen LogP contribution in [0, 0.1) is 0 Å². The lowest BCUT2D eigenvalue weighted by atomic mass is 10.1. The minimum Gasteiger partial charge on any atom is -0.409 e. The Labute approximate surface area is 89.7 Å². The van der Waals surface area contributed by atoms with Crippen LogP contribution in [-0.2, 0) is 4.79 Å². The Bertz CT molecular complexity index is 233. The molecule has 1 aliphatic carbocycles. The molecule has 0 unspecified atom stereocenters. The van der Waals surface area contributed by atoms with Gasteiger partial charge in [0.2, 0.25) is 5.91 Å². The molecule has 86 valence electrons. The summed E-state index contributed by atoms with van der Waals surface area (Å²) in [6.45, 7) is 0. The van der Waals surface area contributed by atoms with E-state index in [9.17, 15) is 4.79 Å². The molecule has 15 heavy (non-hydrogen) atoms. The first-order valence-electron chi connectivity index (χ1n) is 5.48. The summed E-state index contributed by atoms with van der Waals surface area (Å²) in [6, 6.07) is 0.270. The van der Waals surface area contributed by atoms with Gasteiger partial charge in [0.15, 0.2) is 0 Å². The number of carbonyl (C=O) groups excluding carboxylic acids is 1. The zero-order chi connectivity index (χ0) is 11.1. The Kier molecular flexibility index (Phi) is 4.93. The second-order valence-electron chi connectivity index (χ2n) is 4.02. The Morgan fingerprint density at radius 2 is 1.93 bits per heavy atom. The van der Waals surface area contributed by atoms with Crippen molar-refractivity contribution >= 4 is 11.7 Å². The van der Waals surface area contributed by atoms with Crippen LogP contribution in [0.15, 0.2) is 5.16 Å². The van der Waals surface area contributed by atoms with Gasteiger partial charge in [-0.1, -0.05) is 30.8 Å². The van der Waals surface area contributed by atoms with E-state index in [0.717, 1.165) is 12.8 Å². The Balaban J connectivity index is 2.29. The van der Waals surface area contributed by atoms with Crippen molar-refractivity contribution in [1.82, 2.24) is 5.32 Å². The Morgan fingerprint density at radius 3 is 2.47 bits per heavy atom. The lowest BCUT2D eigenvalue weighted by molar-refractivity contribution is -0.120. The van der Waals surface area contributed by atoms with Gasteiger partial charge in [-0.2, -0.15) is 0 Å². The Morgan fingerprint density at radius 1 is 1.33 bits per heavy atom. The molecule has 0 bridgehead atoms. The lowest BCUT2D eigenvalue weighted by Crippen LogP contribution is -2.36. The topological polar surface area (TPSA) is 87.7 Å². The maximum atomic E-state index is 11.4. The fraction of sp³-hybridized carbons (Fsp3) is 0.800. The van der Waals surface area contributed by atoms with Crippen molar-refractivity contribution in [1.29, 1.82) is 0 Å². The lowest BCUT2D eigenvalue weighted by Gasteiger charge is -2.15. The number of amidine groups is 1. The molecule has 1 amide bonds. The first-order chi connectivity index (χ1) is 7.22. The average molecular weight is 213 g/mol. The third kappa shape index (κ3) is 4.67. The second kappa shape index (κ2) is 6.27. The van der Waals surface area contributed by atoms with Crippen molar-refractivity contribution in [3.63, 3.8) is 0 Å². The number of amides is 1. The summed E-state index contributed by atoms with van der Waals surface area (Å²) in [5, 5.41) is 14.0. The van der Waals surface area contributed by atoms with Crippen LogP contribution in [0.1, 0.15) is 44.9 Å². The average Bonchev–Trinajstić information content (AvgIpc) is 2.46. The smallest absolute Gasteiger partial charge is 0.227 e. The number of carbonyl (C=O) groups is 1. The minimum absolute atomic E-state index is 0.0208. The molecule has 0 aliphatic heterocycles. The molecule has 0 heterocycles. The van der Waals surface area contributed by atoms with Gasteiger partial charge in [-0.05, 0) is 12.8 Å². The van der Waals surface area contributed by atoms with Crippen molar-refractivity contribution in [2.45, 2.75) is 51.0 Å². The predicted molar refractivity (Wildman–Crippen MR) is 57.7 cm³/mol. The Hall–Kier alpha value is -1.26. The number of hydrogen-bond acceptors (Lipinski definition) is 3. The standard InChI is InChI=1S/C10H19N3O2/c11-9(13-15)7-10(14)12-8-5-3-1-2-4-6-8/h8,15H,1-7H2,(H2,11,13)(H,12,14). The van der Waals surface area contributed by atoms with E-state index in [1.54, 1.807) is 0 Å². The highest BCUT2D eigenvalue weighted by Gasteiger charge is 2.15. The van der Waals surface area contributed by atoms with E-state index < -0.39 is 0 Å². The normalized spacial score (nSPS) is 19.6. The summed E-state index contributed by atoms with van der Waals surface area (Å²) < 4.78 is 0. The van der Waals surface area contributed by atoms with E-state index in [1.807, 2.05) is 0 Å². The summed E-state index contributed by atoms with van der Waals surface area (Å²) >= 11 is 0. The predicted octanol–water partition coefficient (Wildman–Crippen LogP) is 0.962. The second-order valence-corrected chi connectivity index (χ2v) is 4.02. The van der Waals surface area contributed by atoms with Crippen LogP contribution < -0.4 is 11.1 Å². The highest BCUT2D eigenvalue weighted by Crippen LogP contribution is 2.17. The fourth-order valence-electron chi connectivity index (χ4n) is 1.90. The quantitative estimate of drug-likeness (QED) is 0.214. The maximum absolute atomic E-state index is 11.4. The van der Waals surface area contributed by atoms with E-state index in [4.69, 9.17) is 10.9 Å². The van der Waals surface area contributed by atoms with Gasteiger partial charge in [0.1, 0.15) is 5.84 Å². The SMILES string of the molecule is N/C(CC(=O)NC1CCCCCC1)=N\O. The monoisotopic (exact) mass is 213 g/mol. The number of hydrogen-bond donors (Lipinski definition) is 3. The van der Waals surface area contributed by atoms with Gasteiger partial charge in [-0.3, -0.25) is 4.79 Å². The number of nitrogens with zero attached hydrogens (tertiary/aromatic N) is 1. The number of nitrogens with two attached hydrogens (primary N) is 1. The summed E-state index contributed by atoms with van der Waals surface area (Å²) in [5.41, 5.74) is 5.25. The van der Waals surface area contributed by atoms with Gasteiger partial charge in [0.05, 0.1) is 6.42 Å². The summed E-state index contributed by atoms with van der Waals surface area (Å²) in [5.74, 6) is -0.196. The van der Waals surface area contributed by atoms with E-state index in [2.05, 4.69) is 10.5 Å². The molecule has 4 N–H and O–H groups in total. The molecule has 1 rings (SSSR count). The van der Waals surface area contributed by atoms with Crippen molar-refractivity contribution < 1.29 is 10.0 Å². The van der Waals surface area contributed by atoms with Crippen LogP contribution in [0.4, 0.5) is 0 Å². The zero-order valence-corrected chi connectivity index (χ0v) is 8.91. The first kappa shape index (κ1) is 11.8. The molecule has 0 saturated heterocycles. The van der Waals surface area contributed by atoms with Gasteiger partial charge in [-0.15, -0.1) is 0 Å². The van der Waals surface area contributed by atoms with E-state index >= 15 is 0 Å². The molecule has 1 fully saturated rings. The molecule has 5 nitrogen and oxygen atoms in total. The molecule has 1 saturated carbocycles. The van der Waals surface area contributed by atoms with Crippen molar-refractivity contribution in [2.75, 3.05) is 0 Å². The molecule has 0 aromatic rings. The van der Waals surface area contributed by atoms with Gasteiger partial charge >= 0.3 is 0 Å². The molecular formula is C10H19N3O2. The number of rotatable bonds is 3. The number of oxime groups is 1. The van der Waals surface area contributed by atoms with Crippen LogP contribution in [0.5, 0.6) is 0 Å². The highest BCUT2D eigenvalue weighted by molar-refractivity contribution is 5.98. The van der Waals surface area contributed by atoms with Crippen LogP contribution in [0.25, 0.3) is 0 Å². The fourth-order valence-corrected chi connectivity index (χ4v) is 1.90. The zero-order valence-electron chi connectivity index (χ0n) is 8.91. The third-order valence-electron chi connectivity index (χ3n) is 2.69. The number of nitrogens with one attached hydrogen (secondary N) is 1. The minimum atomic E-state index is -0.155. The van der Waals surface area contributed by atoms with Gasteiger partial charge < -0.3 is 16.3 Å². The van der Waals surface area contributed by atoms with Crippen LogP contribution in [-0.4, -0.2) is 23.0 Å². The van der Waals surface area contributed by atoms with E-state index in [0.29, 0.717) is 0 Å². The molecule has 0 atom stereocenters. The summed E-state index contributed by atoms with van der Waals surface area (Å²) in [7, 11) is 0. The highest BCUT2D eigenvalue weighted by atomic mass is 16.4. The van der Waals surface area contributed by atoms with Crippen LogP contribution in [0.2, 0.25) is 0 Å². The molecule has 5 heteroatoms. The molecule has 0 spiro atoms. The largest absolute Gasteiger partial charge is 0.409 e. The van der Waals surface area contributed by atoms with Gasteiger partial charge in [-0.25, -0.2) is 0 Å².